The zero-order chi connectivity index (χ0) is 13.5. The molecule has 1 aromatic rings. The van der Waals surface area contributed by atoms with Gasteiger partial charge in [0.1, 0.15) is 0 Å². The molecule has 0 aliphatic heterocycles. The summed E-state index contributed by atoms with van der Waals surface area (Å²) >= 11 is 9.04. The zero-order valence-corrected chi connectivity index (χ0v) is 15.4. The molecule has 0 spiro atoms. The third-order valence-electron chi connectivity index (χ3n) is 3.42. The average Bonchev–Trinajstić information content (AvgIpc) is 2.69. The SMILES string of the molecule is CCCNC(CC(CC)CC)c1cc(Br)sc1Br. The number of rotatable bonds is 8. The van der Waals surface area contributed by atoms with Gasteiger partial charge < -0.3 is 5.32 Å². The molecule has 0 saturated carbocycles. The highest BCUT2D eigenvalue weighted by atomic mass is 79.9. The van der Waals surface area contributed by atoms with E-state index in [4.69, 9.17) is 0 Å². The molecular weight excluding hydrogens is 374 g/mol. The standard InChI is InChI=1S/C14H23Br2NS/c1-4-7-17-12(8-10(5-2)6-3)11-9-13(15)18-14(11)16/h9-10,12,17H,4-8H2,1-3H3. The highest BCUT2D eigenvalue weighted by Gasteiger charge is 2.19. The summed E-state index contributed by atoms with van der Waals surface area (Å²) in [5, 5.41) is 3.69. The van der Waals surface area contributed by atoms with Gasteiger partial charge in [-0.25, -0.2) is 0 Å². The van der Waals surface area contributed by atoms with Crippen molar-refractivity contribution in [3.05, 3.63) is 19.2 Å². The fraction of sp³-hybridized carbons (Fsp3) is 0.714. The minimum Gasteiger partial charge on any atom is -0.310 e. The Morgan fingerprint density at radius 2 is 1.89 bits per heavy atom. The number of hydrogen-bond acceptors (Lipinski definition) is 2. The summed E-state index contributed by atoms with van der Waals surface area (Å²) in [5.41, 5.74) is 1.41. The van der Waals surface area contributed by atoms with Gasteiger partial charge in [-0.15, -0.1) is 11.3 Å². The van der Waals surface area contributed by atoms with Crippen molar-refractivity contribution >= 4 is 43.2 Å². The van der Waals surface area contributed by atoms with E-state index in [9.17, 15) is 0 Å². The average molecular weight is 397 g/mol. The van der Waals surface area contributed by atoms with Crippen LogP contribution < -0.4 is 5.32 Å². The minimum atomic E-state index is 0.478. The van der Waals surface area contributed by atoms with Crippen molar-refractivity contribution in [1.82, 2.24) is 5.32 Å². The van der Waals surface area contributed by atoms with Crippen LogP contribution in [0.3, 0.4) is 0 Å². The summed E-state index contributed by atoms with van der Waals surface area (Å²) in [6.45, 7) is 7.90. The summed E-state index contributed by atoms with van der Waals surface area (Å²) in [7, 11) is 0. The molecule has 1 aromatic heterocycles. The van der Waals surface area contributed by atoms with E-state index < -0.39 is 0 Å². The van der Waals surface area contributed by atoms with E-state index in [2.05, 4.69) is 64.0 Å². The molecule has 104 valence electrons. The molecule has 0 saturated heterocycles. The Kier molecular flexibility index (Phi) is 8.08. The molecule has 1 N–H and O–H groups in total. The number of halogens is 2. The first kappa shape index (κ1) is 16.7. The Bertz CT molecular complexity index is 348. The Balaban J connectivity index is 2.80. The molecule has 0 fully saturated rings. The molecule has 0 aromatic carbocycles. The van der Waals surface area contributed by atoms with Gasteiger partial charge in [-0.05, 0) is 68.8 Å². The fourth-order valence-electron chi connectivity index (χ4n) is 2.18. The van der Waals surface area contributed by atoms with Gasteiger partial charge >= 0.3 is 0 Å². The third kappa shape index (κ3) is 4.95. The van der Waals surface area contributed by atoms with Gasteiger partial charge in [0.15, 0.2) is 0 Å². The molecule has 1 unspecified atom stereocenters. The molecule has 18 heavy (non-hydrogen) atoms. The molecule has 1 heterocycles. The van der Waals surface area contributed by atoms with E-state index in [-0.39, 0.29) is 0 Å². The summed E-state index contributed by atoms with van der Waals surface area (Å²) in [6, 6.07) is 2.73. The quantitative estimate of drug-likeness (QED) is 0.556. The maximum Gasteiger partial charge on any atom is 0.0758 e. The van der Waals surface area contributed by atoms with Gasteiger partial charge in [0, 0.05) is 6.04 Å². The van der Waals surface area contributed by atoms with Crippen LogP contribution in [-0.4, -0.2) is 6.54 Å². The maximum absolute atomic E-state index is 3.69. The molecule has 0 aliphatic carbocycles. The Labute approximate surface area is 132 Å². The van der Waals surface area contributed by atoms with E-state index in [1.165, 1.54) is 38.8 Å². The van der Waals surface area contributed by atoms with Crippen LogP contribution in [-0.2, 0) is 0 Å². The minimum absolute atomic E-state index is 0.478. The lowest BCUT2D eigenvalue weighted by atomic mass is 9.92. The van der Waals surface area contributed by atoms with Gasteiger partial charge in [0.05, 0.1) is 7.57 Å². The van der Waals surface area contributed by atoms with Gasteiger partial charge in [-0.1, -0.05) is 33.6 Å². The second-order valence-corrected chi connectivity index (χ2v) is 8.45. The lowest BCUT2D eigenvalue weighted by molar-refractivity contribution is 0.371. The van der Waals surface area contributed by atoms with E-state index in [0.717, 1.165) is 12.5 Å². The third-order valence-corrected chi connectivity index (χ3v) is 5.81. The van der Waals surface area contributed by atoms with Crippen LogP contribution in [0.15, 0.2) is 13.6 Å². The lowest BCUT2D eigenvalue weighted by Crippen LogP contribution is -2.24. The Morgan fingerprint density at radius 1 is 1.22 bits per heavy atom. The van der Waals surface area contributed by atoms with E-state index in [1.54, 1.807) is 11.3 Å². The van der Waals surface area contributed by atoms with Crippen LogP contribution >= 0.6 is 43.2 Å². The van der Waals surface area contributed by atoms with Crippen molar-refractivity contribution in [1.29, 1.82) is 0 Å². The summed E-state index contributed by atoms with van der Waals surface area (Å²) in [4.78, 5) is 0. The second kappa shape index (κ2) is 8.72. The summed E-state index contributed by atoms with van der Waals surface area (Å²) < 4.78 is 2.46. The molecule has 0 bridgehead atoms. The van der Waals surface area contributed by atoms with Crippen LogP contribution in [0.25, 0.3) is 0 Å². The largest absolute Gasteiger partial charge is 0.310 e. The topological polar surface area (TPSA) is 12.0 Å². The van der Waals surface area contributed by atoms with Crippen LogP contribution in [0.2, 0.25) is 0 Å². The summed E-state index contributed by atoms with van der Waals surface area (Å²) in [5.74, 6) is 0.810. The predicted octanol–water partition coefficient (Wildman–Crippen LogP) is 6.14. The van der Waals surface area contributed by atoms with Crippen molar-refractivity contribution < 1.29 is 0 Å². The van der Waals surface area contributed by atoms with Gasteiger partial charge in [0.25, 0.3) is 0 Å². The molecule has 0 radical (unpaired) electrons. The van der Waals surface area contributed by atoms with Gasteiger partial charge in [-0.2, -0.15) is 0 Å². The molecule has 1 atom stereocenters. The van der Waals surface area contributed by atoms with Crippen molar-refractivity contribution in [3.8, 4) is 0 Å². The lowest BCUT2D eigenvalue weighted by Gasteiger charge is -2.23. The van der Waals surface area contributed by atoms with Crippen LogP contribution in [0.4, 0.5) is 0 Å². The van der Waals surface area contributed by atoms with Crippen molar-refractivity contribution in [2.45, 2.75) is 52.5 Å². The zero-order valence-electron chi connectivity index (χ0n) is 11.4. The first-order valence-corrected chi connectivity index (χ1v) is 9.20. The Morgan fingerprint density at radius 3 is 2.33 bits per heavy atom. The van der Waals surface area contributed by atoms with Crippen molar-refractivity contribution in [2.24, 2.45) is 5.92 Å². The molecule has 0 amide bonds. The molecule has 0 aliphatic rings. The predicted molar refractivity (Wildman–Crippen MR) is 89.4 cm³/mol. The highest BCUT2D eigenvalue weighted by Crippen LogP contribution is 2.38. The van der Waals surface area contributed by atoms with E-state index in [0.29, 0.717) is 6.04 Å². The Hall–Kier alpha value is 0.620. The monoisotopic (exact) mass is 395 g/mol. The maximum atomic E-state index is 3.69. The molecule has 1 nitrogen and oxygen atoms in total. The van der Waals surface area contributed by atoms with Crippen molar-refractivity contribution in [2.75, 3.05) is 6.54 Å². The van der Waals surface area contributed by atoms with Crippen molar-refractivity contribution in [3.63, 3.8) is 0 Å². The number of thiophene rings is 1. The fourth-order valence-corrected chi connectivity index (χ4v) is 5.16. The molecule has 4 heteroatoms. The second-order valence-electron chi connectivity index (χ2n) is 4.70. The van der Waals surface area contributed by atoms with Gasteiger partial charge in [0.2, 0.25) is 0 Å². The van der Waals surface area contributed by atoms with E-state index >= 15 is 0 Å². The number of nitrogens with one attached hydrogen (secondary N) is 1. The highest BCUT2D eigenvalue weighted by molar-refractivity contribution is 9.12. The smallest absolute Gasteiger partial charge is 0.0758 e. The van der Waals surface area contributed by atoms with Crippen LogP contribution in [0, 0.1) is 5.92 Å². The van der Waals surface area contributed by atoms with Gasteiger partial charge in [-0.3, -0.25) is 0 Å². The molecular formula is C14H23Br2NS. The molecule has 1 rings (SSSR count). The number of hydrogen-bond donors (Lipinski definition) is 1. The van der Waals surface area contributed by atoms with E-state index in [1.807, 2.05) is 0 Å². The first-order chi connectivity index (χ1) is 8.62. The summed E-state index contributed by atoms with van der Waals surface area (Å²) in [6.07, 6.45) is 4.95. The van der Waals surface area contributed by atoms with Crippen LogP contribution in [0.5, 0.6) is 0 Å². The first-order valence-electron chi connectivity index (χ1n) is 6.80. The normalized spacial score (nSPS) is 13.2. The van der Waals surface area contributed by atoms with Crippen LogP contribution in [0.1, 0.15) is 58.1 Å².